The van der Waals surface area contributed by atoms with Crippen molar-refractivity contribution in [2.75, 3.05) is 19.4 Å². The minimum atomic E-state index is -3.53. The van der Waals surface area contributed by atoms with E-state index in [9.17, 15) is 13.2 Å². The number of hydrogen-bond donors (Lipinski definition) is 1. The number of thiazole rings is 1. The molecule has 0 unspecified atom stereocenters. The molecule has 1 amide bonds. The fourth-order valence-corrected chi connectivity index (χ4v) is 5.22. The molecule has 0 fully saturated rings. The van der Waals surface area contributed by atoms with Crippen LogP contribution in [0.1, 0.15) is 17.8 Å². The lowest BCUT2D eigenvalue weighted by molar-refractivity contribution is -0.116. The molecule has 0 aliphatic rings. The Morgan fingerprint density at radius 1 is 1.13 bits per heavy atom. The van der Waals surface area contributed by atoms with Gasteiger partial charge in [0.05, 0.1) is 26.1 Å². The van der Waals surface area contributed by atoms with E-state index in [1.807, 2.05) is 36.7 Å². The Balaban J connectivity index is 1.48. The number of sulfonamides is 1. The number of carbonyl (C=O) groups is 1. The highest BCUT2D eigenvalue weighted by atomic mass is 32.2. The summed E-state index contributed by atoms with van der Waals surface area (Å²) in [6.45, 7) is 2.02. The molecule has 8 nitrogen and oxygen atoms in total. The van der Waals surface area contributed by atoms with Crippen LogP contribution in [0.3, 0.4) is 0 Å². The maximum absolute atomic E-state index is 12.5. The van der Waals surface area contributed by atoms with E-state index in [4.69, 9.17) is 0 Å². The number of carbonyl (C=O) groups excluding carboxylic acids is 1. The zero-order chi connectivity index (χ0) is 22.3. The van der Waals surface area contributed by atoms with Crippen molar-refractivity contribution in [2.45, 2.75) is 24.7 Å². The lowest BCUT2D eigenvalue weighted by Gasteiger charge is -2.10. The Kier molecular flexibility index (Phi) is 5.54. The molecule has 31 heavy (non-hydrogen) atoms. The third-order valence-electron chi connectivity index (χ3n) is 5.09. The second-order valence-electron chi connectivity index (χ2n) is 7.56. The van der Waals surface area contributed by atoms with E-state index in [-0.39, 0.29) is 17.2 Å². The van der Waals surface area contributed by atoms with Gasteiger partial charge < -0.3 is 9.88 Å². The SMILES string of the molecule is Cc1ccc2nc(NC(=O)CCc3nc4cc(S(=O)(=O)N(C)C)ccc4n3C)sc2c1. The van der Waals surface area contributed by atoms with Crippen LogP contribution in [0, 0.1) is 6.92 Å². The molecule has 0 aliphatic heterocycles. The third kappa shape index (κ3) is 4.18. The van der Waals surface area contributed by atoms with Gasteiger partial charge in [-0.3, -0.25) is 4.79 Å². The highest BCUT2D eigenvalue weighted by molar-refractivity contribution is 7.89. The monoisotopic (exact) mass is 457 g/mol. The van der Waals surface area contributed by atoms with Gasteiger partial charge >= 0.3 is 0 Å². The molecular formula is C21H23N5O3S2. The van der Waals surface area contributed by atoms with Gasteiger partial charge in [-0.1, -0.05) is 17.4 Å². The van der Waals surface area contributed by atoms with Crippen molar-refractivity contribution in [3.05, 3.63) is 47.8 Å². The number of rotatable bonds is 6. The van der Waals surface area contributed by atoms with Gasteiger partial charge in [-0.15, -0.1) is 0 Å². The predicted molar refractivity (Wildman–Crippen MR) is 123 cm³/mol. The van der Waals surface area contributed by atoms with Crippen molar-refractivity contribution >= 4 is 53.6 Å². The highest BCUT2D eigenvalue weighted by Crippen LogP contribution is 2.27. The molecule has 10 heteroatoms. The lowest BCUT2D eigenvalue weighted by Crippen LogP contribution is -2.22. The van der Waals surface area contributed by atoms with E-state index in [0.29, 0.717) is 22.9 Å². The van der Waals surface area contributed by atoms with Gasteiger partial charge in [0.1, 0.15) is 5.82 Å². The second-order valence-corrected chi connectivity index (χ2v) is 10.7. The molecule has 1 N–H and O–H groups in total. The molecule has 0 saturated heterocycles. The van der Waals surface area contributed by atoms with Crippen LogP contribution in [-0.2, 0) is 28.3 Å². The van der Waals surface area contributed by atoms with Crippen LogP contribution < -0.4 is 5.32 Å². The van der Waals surface area contributed by atoms with Gasteiger partial charge in [0.2, 0.25) is 15.9 Å². The van der Waals surface area contributed by atoms with E-state index in [2.05, 4.69) is 15.3 Å². The number of imidazole rings is 1. The highest BCUT2D eigenvalue weighted by Gasteiger charge is 2.19. The molecular weight excluding hydrogens is 434 g/mol. The van der Waals surface area contributed by atoms with Crippen molar-refractivity contribution < 1.29 is 13.2 Å². The van der Waals surface area contributed by atoms with Crippen molar-refractivity contribution in [1.29, 1.82) is 0 Å². The number of amides is 1. The first kappa shape index (κ1) is 21.4. The number of aromatic nitrogens is 3. The average Bonchev–Trinajstić information content (AvgIpc) is 3.25. The normalized spacial score (nSPS) is 12.2. The minimum Gasteiger partial charge on any atom is -0.331 e. The molecule has 2 heterocycles. The summed E-state index contributed by atoms with van der Waals surface area (Å²) in [6, 6.07) is 10.9. The largest absolute Gasteiger partial charge is 0.331 e. The first-order chi connectivity index (χ1) is 14.6. The molecule has 0 aliphatic carbocycles. The van der Waals surface area contributed by atoms with Crippen LogP contribution in [0.4, 0.5) is 5.13 Å². The third-order valence-corrected chi connectivity index (χ3v) is 7.83. The number of anilines is 1. The Morgan fingerprint density at radius 2 is 1.90 bits per heavy atom. The molecule has 162 valence electrons. The zero-order valence-electron chi connectivity index (χ0n) is 17.7. The summed E-state index contributed by atoms with van der Waals surface area (Å²) in [6.07, 6.45) is 0.672. The number of fused-ring (bicyclic) bond motifs is 2. The Bertz CT molecular complexity index is 1400. The van der Waals surface area contributed by atoms with E-state index in [1.165, 1.54) is 29.7 Å². The maximum Gasteiger partial charge on any atom is 0.242 e. The maximum atomic E-state index is 12.5. The zero-order valence-corrected chi connectivity index (χ0v) is 19.3. The van der Waals surface area contributed by atoms with Crippen molar-refractivity contribution in [1.82, 2.24) is 18.8 Å². The molecule has 4 rings (SSSR count). The van der Waals surface area contributed by atoms with E-state index in [1.54, 1.807) is 18.2 Å². The Hall–Kier alpha value is -2.82. The van der Waals surface area contributed by atoms with Gasteiger partial charge in [0.15, 0.2) is 5.13 Å². The first-order valence-electron chi connectivity index (χ1n) is 9.70. The summed E-state index contributed by atoms with van der Waals surface area (Å²) in [7, 11) is 1.32. The van der Waals surface area contributed by atoms with Crippen LogP contribution in [0.25, 0.3) is 21.3 Å². The fourth-order valence-electron chi connectivity index (χ4n) is 3.32. The summed E-state index contributed by atoms with van der Waals surface area (Å²) < 4.78 is 28.8. The summed E-state index contributed by atoms with van der Waals surface area (Å²) in [5.41, 5.74) is 3.42. The van der Waals surface area contributed by atoms with Gasteiger partial charge in [0.25, 0.3) is 0 Å². The predicted octanol–water partition coefficient (Wildman–Crippen LogP) is 3.31. The standard InChI is InChI=1S/C21H23N5O3S2/c1-13-5-7-15-18(11-13)30-21(23-15)24-20(27)10-9-19-22-16-12-14(31(28,29)25(2)3)6-8-17(16)26(19)4/h5-8,11-12H,9-10H2,1-4H3,(H,23,24,27). The number of benzene rings is 2. The molecule has 0 spiro atoms. The molecule has 2 aromatic heterocycles. The minimum absolute atomic E-state index is 0.140. The van der Waals surface area contributed by atoms with Gasteiger partial charge in [-0.05, 0) is 42.8 Å². The van der Waals surface area contributed by atoms with E-state index in [0.717, 1.165) is 21.3 Å². The smallest absolute Gasteiger partial charge is 0.242 e. The van der Waals surface area contributed by atoms with Gasteiger partial charge in [-0.2, -0.15) is 0 Å². The number of nitrogens with zero attached hydrogens (tertiary/aromatic N) is 4. The van der Waals surface area contributed by atoms with E-state index >= 15 is 0 Å². The quantitative estimate of drug-likeness (QED) is 0.479. The van der Waals surface area contributed by atoms with Crippen molar-refractivity contribution in [3.63, 3.8) is 0 Å². The Labute approximate surface area is 184 Å². The molecule has 0 radical (unpaired) electrons. The number of hydrogen-bond acceptors (Lipinski definition) is 6. The van der Waals surface area contributed by atoms with Gasteiger partial charge in [-0.25, -0.2) is 22.7 Å². The van der Waals surface area contributed by atoms with Crippen LogP contribution in [-0.4, -0.2) is 47.3 Å². The lowest BCUT2D eigenvalue weighted by atomic mass is 10.2. The summed E-state index contributed by atoms with van der Waals surface area (Å²) >= 11 is 1.45. The molecule has 0 bridgehead atoms. The number of aryl methyl sites for hydroxylation is 3. The van der Waals surface area contributed by atoms with Crippen LogP contribution in [0.2, 0.25) is 0 Å². The second kappa shape index (κ2) is 8.03. The number of nitrogens with one attached hydrogen (secondary N) is 1. The Morgan fingerprint density at radius 3 is 2.65 bits per heavy atom. The first-order valence-corrected chi connectivity index (χ1v) is 12.0. The molecule has 0 atom stereocenters. The summed E-state index contributed by atoms with van der Waals surface area (Å²) in [4.78, 5) is 21.7. The molecule has 4 aromatic rings. The van der Waals surface area contributed by atoms with Crippen LogP contribution in [0.5, 0.6) is 0 Å². The molecule has 0 saturated carbocycles. The summed E-state index contributed by atoms with van der Waals surface area (Å²) in [5.74, 6) is 0.572. The van der Waals surface area contributed by atoms with E-state index < -0.39 is 10.0 Å². The average molecular weight is 458 g/mol. The van der Waals surface area contributed by atoms with Crippen molar-refractivity contribution in [3.8, 4) is 0 Å². The van der Waals surface area contributed by atoms with Gasteiger partial charge in [0, 0.05) is 34.0 Å². The van der Waals surface area contributed by atoms with Crippen LogP contribution in [0.15, 0.2) is 41.3 Å². The van der Waals surface area contributed by atoms with Crippen molar-refractivity contribution in [2.24, 2.45) is 7.05 Å². The van der Waals surface area contributed by atoms with Crippen LogP contribution >= 0.6 is 11.3 Å². The summed E-state index contributed by atoms with van der Waals surface area (Å²) in [5, 5.41) is 3.44. The topological polar surface area (TPSA) is 97.2 Å². The fraction of sp³-hybridized carbons (Fsp3) is 0.286. The molecule has 2 aromatic carbocycles.